The molecular formula is C17H19NO3. The van der Waals surface area contributed by atoms with E-state index >= 15 is 0 Å². The molecule has 1 heterocycles. The molecular weight excluding hydrogens is 266 g/mol. The van der Waals surface area contributed by atoms with Crippen LogP contribution in [0.5, 0.6) is 17.2 Å². The molecule has 110 valence electrons. The molecule has 0 saturated carbocycles. The van der Waals surface area contributed by atoms with Gasteiger partial charge in [-0.2, -0.15) is 0 Å². The van der Waals surface area contributed by atoms with Gasteiger partial charge in [0, 0.05) is 12.2 Å². The fourth-order valence-electron chi connectivity index (χ4n) is 2.41. The number of rotatable bonds is 4. The number of aryl methyl sites for hydroxylation is 2. The zero-order chi connectivity index (χ0) is 14.8. The topological polar surface area (TPSA) is 39.7 Å². The maximum Gasteiger partial charge on any atom is 0.231 e. The molecule has 0 amide bonds. The number of hydrogen-bond donors (Lipinski definition) is 1. The van der Waals surface area contributed by atoms with Crippen molar-refractivity contribution in [2.75, 3.05) is 19.2 Å². The monoisotopic (exact) mass is 285 g/mol. The molecule has 0 saturated heterocycles. The summed E-state index contributed by atoms with van der Waals surface area (Å²) < 4.78 is 16.2. The van der Waals surface area contributed by atoms with Crippen molar-refractivity contribution in [3.8, 4) is 17.2 Å². The summed E-state index contributed by atoms with van der Waals surface area (Å²) in [6.07, 6.45) is 0. The quantitative estimate of drug-likeness (QED) is 0.930. The van der Waals surface area contributed by atoms with E-state index in [-0.39, 0.29) is 6.79 Å². The lowest BCUT2D eigenvalue weighted by atomic mass is 10.1. The summed E-state index contributed by atoms with van der Waals surface area (Å²) in [6.45, 7) is 5.15. The zero-order valence-electron chi connectivity index (χ0n) is 12.5. The van der Waals surface area contributed by atoms with Crippen molar-refractivity contribution < 1.29 is 14.2 Å². The highest BCUT2D eigenvalue weighted by Crippen LogP contribution is 2.41. The maximum atomic E-state index is 5.45. The molecule has 21 heavy (non-hydrogen) atoms. The molecule has 1 aliphatic heterocycles. The molecule has 0 fully saturated rings. The number of nitrogens with one attached hydrogen (secondary N) is 1. The summed E-state index contributed by atoms with van der Waals surface area (Å²) >= 11 is 0. The van der Waals surface area contributed by atoms with Crippen LogP contribution in [0.4, 0.5) is 5.69 Å². The van der Waals surface area contributed by atoms with Gasteiger partial charge in [0.1, 0.15) is 0 Å². The minimum atomic E-state index is 0.250. The largest absolute Gasteiger partial charge is 0.493 e. The van der Waals surface area contributed by atoms with Gasteiger partial charge in [-0.25, -0.2) is 0 Å². The van der Waals surface area contributed by atoms with Gasteiger partial charge in [0.05, 0.1) is 7.11 Å². The van der Waals surface area contributed by atoms with Crippen molar-refractivity contribution in [3.05, 3.63) is 47.0 Å². The number of fused-ring (bicyclic) bond motifs is 1. The van der Waals surface area contributed by atoms with Gasteiger partial charge in [0.2, 0.25) is 12.5 Å². The summed E-state index contributed by atoms with van der Waals surface area (Å²) in [5.74, 6) is 2.14. The van der Waals surface area contributed by atoms with Gasteiger partial charge in [-0.05, 0) is 48.7 Å². The summed E-state index contributed by atoms with van der Waals surface area (Å²) in [4.78, 5) is 0. The summed E-state index contributed by atoms with van der Waals surface area (Å²) in [5.41, 5.74) is 4.71. The standard InChI is InChI=1S/C17H19NO3/c1-11-4-5-12(2)14(6-11)18-9-13-7-15(19-3)17-16(8-13)20-10-21-17/h4-8,18H,9-10H2,1-3H3. The van der Waals surface area contributed by atoms with Gasteiger partial charge in [-0.3, -0.25) is 0 Å². The van der Waals surface area contributed by atoms with Crippen LogP contribution in [0.1, 0.15) is 16.7 Å². The van der Waals surface area contributed by atoms with Crippen LogP contribution in [0.15, 0.2) is 30.3 Å². The van der Waals surface area contributed by atoms with Crippen molar-refractivity contribution in [1.29, 1.82) is 0 Å². The van der Waals surface area contributed by atoms with Gasteiger partial charge in [-0.15, -0.1) is 0 Å². The molecule has 0 bridgehead atoms. The van der Waals surface area contributed by atoms with E-state index in [0.29, 0.717) is 18.0 Å². The van der Waals surface area contributed by atoms with Gasteiger partial charge in [-0.1, -0.05) is 12.1 Å². The Hall–Kier alpha value is -2.36. The lowest BCUT2D eigenvalue weighted by Crippen LogP contribution is -2.02. The van der Waals surface area contributed by atoms with Crippen molar-refractivity contribution in [2.24, 2.45) is 0 Å². The van der Waals surface area contributed by atoms with Crippen LogP contribution < -0.4 is 19.5 Å². The third-order valence-electron chi connectivity index (χ3n) is 3.59. The summed E-state index contributed by atoms with van der Waals surface area (Å²) in [6, 6.07) is 10.4. The molecule has 2 aromatic rings. The average Bonchev–Trinajstić information content (AvgIpc) is 2.95. The summed E-state index contributed by atoms with van der Waals surface area (Å²) in [5, 5.41) is 3.46. The van der Waals surface area contributed by atoms with E-state index in [1.165, 1.54) is 11.1 Å². The fraction of sp³-hybridized carbons (Fsp3) is 0.294. The second kappa shape index (κ2) is 5.56. The molecule has 0 radical (unpaired) electrons. The van der Waals surface area contributed by atoms with E-state index < -0.39 is 0 Å². The molecule has 0 aromatic heterocycles. The number of ether oxygens (including phenoxy) is 3. The Morgan fingerprint density at radius 3 is 2.81 bits per heavy atom. The first-order valence-electron chi connectivity index (χ1n) is 6.95. The number of anilines is 1. The van der Waals surface area contributed by atoms with Crippen LogP contribution in [0.25, 0.3) is 0 Å². The Morgan fingerprint density at radius 2 is 2.00 bits per heavy atom. The minimum absolute atomic E-state index is 0.250. The van der Waals surface area contributed by atoms with Crippen LogP contribution in [0.3, 0.4) is 0 Å². The van der Waals surface area contributed by atoms with E-state index in [1.54, 1.807) is 7.11 Å². The lowest BCUT2D eigenvalue weighted by Gasteiger charge is -2.12. The zero-order valence-corrected chi connectivity index (χ0v) is 12.5. The van der Waals surface area contributed by atoms with Gasteiger partial charge in [0.15, 0.2) is 11.5 Å². The molecule has 4 heteroatoms. The highest BCUT2D eigenvalue weighted by atomic mass is 16.7. The molecule has 1 N–H and O–H groups in total. The molecule has 1 aliphatic rings. The van der Waals surface area contributed by atoms with Crippen molar-refractivity contribution in [2.45, 2.75) is 20.4 Å². The average molecular weight is 285 g/mol. The Balaban J connectivity index is 1.81. The molecule has 2 aromatic carbocycles. The second-order valence-corrected chi connectivity index (χ2v) is 5.20. The molecule has 4 nitrogen and oxygen atoms in total. The smallest absolute Gasteiger partial charge is 0.231 e. The highest BCUT2D eigenvalue weighted by molar-refractivity contribution is 5.57. The van der Waals surface area contributed by atoms with Crippen LogP contribution >= 0.6 is 0 Å². The maximum absolute atomic E-state index is 5.45. The normalized spacial score (nSPS) is 12.3. The van der Waals surface area contributed by atoms with E-state index in [2.05, 4.69) is 37.4 Å². The van der Waals surface area contributed by atoms with Crippen molar-refractivity contribution >= 4 is 5.69 Å². The fourth-order valence-corrected chi connectivity index (χ4v) is 2.41. The van der Waals surface area contributed by atoms with Crippen molar-refractivity contribution in [3.63, 3.8) is 0 Å². The number of methoxy groups -OCH3 is 1. The van der Waals surface area contributed by atoms with Gasteiger partial charge >= 0.3 is 0 Å². The van der Waals surface area contributed by atoms with Crippen LogP contribution in [0, 0.1) is 13.8 Å². The van der Waals surface area contributed by atoms with Crippen LogP contribution in [0.2, 0.25) is 0 Å². The van der Waals surface area contributed by atoms with E-state index in [4.69, 9.17) is 14.2 Å². The number of hydrogen-bond acceptors (Lipinski definition) is 4. The minimum Gasteiger partial charge on any atom is -0.493 e. The van der Waals surface area contributed by atoms with Crippen LogP contribution in [-0.2, 0) is 6.54 Å². The first-order chi connectivity index (χ1) is 10.2. The van der Waals surface area contributed by atoms with E-state index in [9.17, 15) is 0 Å². The molecule has 0 unspecified atom stereocenters. The molecule has 0 aliphatic carbocycles. The third-order valence-corrected chi connectivity index (χ3v) is 3.59. The predicted octanol–water partition coefficient (Wildman–Crippen LogP) is 3.65. The Morgan fingerprint density at radius 1 is 1.14 bits per heavy atom. The van der Waals surface area contributed by atoms with E-state index in [1.807, 2.05) is 12.1 Å². The number of benzene rings is 2. The predicted molar refractivity (Wildman–Crippen MR) is 82.4 cm³/mol. The molecule has 0 spiro atoms. The third kappa shape index (κ3) is 2.75. The van der Waals surface area contributed by atoms with Gasteiger partial charge in [0.25, 0.3) is 0 Å². The second-order valence-electron chi connectivity index (χ2n) is 5.20. The highest BCUT2D eigenvalue weighted by Gasteiger charge is 2.19. The van der Waals surface area contributed by atoms with Crippen molar-refractivity contribution in [1.82, 2.24) is 0 Å². The Bertz CT molecular complexity index is 667. The lowest BCUT2D eigenvalue weighted by molar-refractivity contribution is 0.171. The molecule has 3 rings (SSSR count). The first-order valence-corrected chi connectivity index (χ1v) is 6.95. The SMILES string of the molecule is COc1cc(CNc2cc(C)ccc2C)cc2c1OCO2. The Kier molecular flexibility index (Phi) is 3.60. The molecule has 0 atom stereocenters. The van der Waals surface area contributed by atoms with Crippen LogP contribution in [-0.4, -0.2) is 13.9 Å². The van der Waals surface area contributed by atoms with Gasteiger partial charge < -0.3 is 19.5 Å². The first kappa shape index (κ1) is 13.6. The summed E-state index contributed by atoms with van der Waals surface area (Å²) in [7, 11) is 1.64. The Labute approximate surface area is 124 Å². The van der Waals surface area contributed by atoms with E-state index in [0.717, 1.165) is 17.0 Å².